The predicted octanol–water partition coefficient (Wildman–Crippen LogP) is 4.00. The Balaban J connectivity index is 1.97. The van der Waals surface area contributed by atoms with Gasteiger partial charge in [0.2, 0.25) is 0 Å². The molecular weight excluding hydrogens is 272 g/mol. The second-order valence-electron chi connectivity index (χ2n) is 5.44. The summed E-state index contributed by atoms with van der Waals surface area (Å²) in [6, 6.07) is 21.8. The molecule has 0 radical (unpaired) electrons. The van der Waals surface area contributed by atoms with Gasteiger partial charge in [0, 0.05) is 12.5 Å². The Morgan fingerprint density at radius 2 is 1.55 bits per heavy atom. The minimum Gasteiger partial charge on any atom is -0.710 e. The van der Waals surface area contributed by atoms with Crippen LogP contribution in [0.1, 0.15) is 5.69 Å². The van der Waals surface area contributed by atoms with Gasteiger partial charge in [-0.05, 0) is 46.1 Å². The number of benzene rings is 2. The standard InChI is InChI=1S/C19H14N2O/c1-13-6-7-15-10-11-18(21(22)19(15)20-13)17-9-8-14-4-2-3-5-16(14)12-17/h2-12H,1H3. The van der Waals surface area contributed by atoms with E-state index in [0.717, 1.165) is 26.8 Å². The highest BCUT2D eigenvalue weighted by atomic mass is 16.5. The Hall–Kier alpha value is -2.94. The van der Waals surface area contributed by atoms with E-state index in [1.54, 1.807) is 0 Å². The molecule has 0 unspecified atom stereocenters. The first-order valence-corrected chi connectivity index (χ1v) is 7.21. The Bertz CT molecular complexity index is 1010. The van der Waals surface area contributed by atoms with Crippen LogP contribution in [0.15, 0.2) is 66.7 Å². The lowest BCUT2D eigenvalue weighted by molar-refractivity contribution is -0.567. The van der Waals surface area contributed by atoms with Crippen LogP contribution in [0, 0.1) is 12.1 Å². The maximum Gasteiger partial charge on any atom is 0.333 e. The van der Waals surface area contributed by atoms with E-state index >= 15 is 0 Å². The molecule has 0 aliphatic rings. The van der Waals surface area contributed by atoms with Gasteiger partial charge in [0.15, 0.2) is 0 Å². The highest BCUT2D eigenvalue weighted by Gasteiger charge is 2.12. The number of fused-ring (bicyclic) bond motifs is 2. The van der Waals surface area contributed by atoms with Gasteiger partial charge in [-0.25, -0.2) is 4.73 Å². The normalized spacial score (nSPS) is 11.1. The number of hydrogen-bond acceptors (Lipinski definition) is 2. The Morgan fingerprint density at radius 3 is 2.41 bits per heavy atom. The predicted molar refractivity (Wildman–Crippen MR) is 88.4 cm³/mol. The van der Waals surface area contributed by atoms with Gasteiger partial charge in [0.25, 0.3) is 0 Å². The van der Waals surface area contributed by atoms with Crippen LogP contribution in [0.5, 0.6) is 0 Å². The molecule has 0 N–H and O–H groups in total. The van der Waals surface area contributed by atoms with Crippen molar-refractivity contribution in [3.8, 4) is 11.3 Å². The van der Waals surface area contributed by atoms with E-state index in [1.807, 2.05) is 61.5 Å². The zero-order chi connectivity index (χ0) is 15.1. The Morgan fingerprint density at radius 1 is 0.818 bits per heavy atom. The van der Waals surface area contributed by atoms with Crippen LogP contribution in [-0.4, -0.2) is 4.98 Å². The third-order valence-corrected chi connectivity index (χ3v) is 3.92. The van der Waals surface area contributed by atoms with Gasteiger partial charge in [-0.3, -0.25) is 0 Å². The summed E-state index contributed by atoms with van der Waals surface area (Å²) in [5.74, 6) is 0. The van der Waals surface area contributed by atoms with Gasteiger partial charge in [0.05, 0.1) is 5.39 Å². The Labute approximate surface area is 128 Å². The molecule has 4 aromatic rings. The highest BCUT2D eigenvalue weighted by Crippen LogP contribution is 2.23. The van der Waals surface area contributed by atoms with Crippen molar-refractivity contribution in [2.24, 2.45) is 0 Å². The van der Waals surface area contributed by atoms with E-state index in [0.29, 0.717) is 11.3 Å². The van der Waals surface area contributed by atoms with Crippen molar-refractivity contribution < 1.29 is 4.73 Å². The molecule has 0 aliphatic carbocycles. The van der Waals surface area contributed by atoms with Crippen molar-refractivity contribution >= 4 is 21.8 Å². The van der Waals surface area contributed by atoms with Crippen LogP contribution < -0.4 is 4.73 Å². The van der Waals surface area contributed by atoms with Crippen molar-refractivity contribution in [2.45, 2.75) is 6.92 Å². The summed E-state index contributed by atoms with van der Waals surface area (Å²) in [7, 11) is 0. The molecule has 0 amide bonds. The minimum absolute atomic E-state index is 0.464. The zero-order valence-corrected chi connectivity index (χ0v) is 12.2. The highest BCUT2D eigenvalue weighted by molar-refractivity contribution is 5.87. The molecule has 3 heteroatoms. The average Bonchev–Trinajstić information content (AvgIpc) is 2.55. The second kappa shape index (κ2) is 4.81. The van der Waals surface area contributed by atoms with Gasteiger partial charge in [-0.1, -0.05) is 36.4 Å². The molecule has 106 valence electrons. The quantitative estimate of drug-likeness (QED) is 0.392. The molecule has 2 aromatic heterocycles. The van der Waals surface area contributed by atoms with Gasteiger partial charge in [-0.15, -0.1) is 0 Å². The molecule has 2 heterocycles. The monoisotopic (exact) mass is 286 g/mol. The molecule has 0 saturated carbocycles. The van der Waals surface area contributed by atoms with Gasteiger partial charge < -0.3 is 5.21 Å². The second-order valence-corrected chi connectivity index (χ2v) is 5.44. The minimum atomic E-state index is 0.464. The van der Waals surface area contributed by atoms with Crippen molar-refractivity contribution in [3.05, 3.63) is 77.6 Å². The zero-order valence-electron chi connectivity index (χ0n) is 12.2. The molecule has 0 saturated heterocycles. The van der Waals surface area contributed by atoms with E-state index < -0.39 is 0 Å². The van der Waals surface area contributed by atoms with E-state index in [1.165, 1.54) is 5.39 Å². The average molecular weight is 286 g/mol. The molecule has 0 spiro atoms. The van der Waals surface area contributed by atoms with E-state index in [-0.39, 0.29) is 0 Å². The van der Waals surface area contributed by atoms with E-state index in [9.17, 15) is 5.21 Å². The summed E-state index contributed by atoms with van der Waals surface area (Å²) in [4.78, 5) is 4.37. The number of pyridine rings is 2. The van der Waals surface area contributed by atoms with Crippen LogP contribution in [0.4, 0.5) is 0 Å². The first-order valence-electron chi connectivity index (χ1n) is 7.21. The first kappa shape index (κ1) is 12.8. The number of hydrogen-bond donors (Lipinski definition) is 0. The molecule has 4 rings (SSSR count). The lowest BCUT2D eigenvalue weighted by atomic mass is 10.0. The molecular formula is C19H14N2O. The molecule has 0 aliphatic heterocycles. The molecule has 0 atom stereocenters. The van der Waals surface area contributed by atoms with Crippen LogP contribution in [-0.2, 0) is 0 Å². The fourth-order valence-electron chi connectivity index (χ4n) is 2.76. The molecule has 0 bridgehead atoms. The third-order valence-electron chi connectivity index (χ3n) is 3.92. The number of aromatic nitrogens is 2. The fourth-order valence-corrected chi connectivity index (χ4v) is 2.76. The molecule has 2 aromatic carbocycles. The summed E-state index contributed by atoms with van der Waals surface area (Å²) in [6.45, 7) is 1.89. The van der Waals surface area contributed by atoms with E-state index in [2.05, 4.69) is 17.1 Å². The SMILES string of the molecule is Cc1ccc2ccc(-c3ccc4ccccc4c3)[n+]([O-])c2n1. The van der Waals surface area contributed by atoms with Gasteiger partial charge in [0.1, 0.15) is 11.4 Å². The van der Waals surface area contributed by atoms with Gasteiger partial charge in [-0.2, -0.15) is 0 Å². The molecule has 0 fully saturated rings. The van der Waals surface area contributed by atoms with Crippen molar-refractivity contribution in [3.63, 3.8) is 0 Å². The fraction of sp³-hybridized carbons (Fsp3) is 0.0526. The Kier molecular flexibility index (Phi) is 2.79. The lowest BCUT2D eigenvalue weighted by Gasteiger charge is -2.11. The molecule has 3 nitrogen and oxygen atoms in total. The largest absolute Gasteiger partial charge is 0.710 e. The maximum atomic E-state index is 12.7. The summed E-state index contributed by atoms with van der Waals surface area (Å²) in [6.07, 6.45) is 0. The van der Waals surface area contributed by atoms with Gasteiger partial charge >= 0.3 is 5.65 Å². The first-order chi connectivity index (χ1) is 10.7. The van der Waals surface area contributed by atoms with E-state index in [4.69, 9.17) is 0 Å². The van der Waals surface area contributed by atoms with Crippen molar-refractivity contribution in [1.29, 1.82) is 0 Å². The van der Waals surface area contributed by atoms with Crippen molar-refractivity contribution in [2.75, 3.05) is 0 Å². The van der Waals surface area contributed by atoms with Crippen LogP contribution in [0.25, 0.3) is 33.1 Å². The summed E-state index contributed by atoms with van der Waals surface area (Å²) in [5.41, 5.74) is 2.83. The summed E-state index contributed by atoms with van der Waals surface area (Å²) in [5, 5.41) is 15.8. The van der Waals surface area contributed by atoms with Crippen LogP contribution in [0.3, 0.4) is 0 Å². The summed E-state index contributed by atoms with van der Waals surface area (Å²) < 4.78 is 0.923. The number of rotatable bonds is 1. The van der Waals surface area contributed by atoms with Crippen LogP contribution >= 0.6 is 0 Å². The maximum absolute atomic E-state index is 12.7. The topological polar surface area (TPSA) is 39.8 Å². The smallest absolute Gasteiger partial charge is 0.333 e. The van der Waals surface area contributed by atoms with Crippen LogP contribution in [0.2, 0.25) is 0 Å². The van der Waals surface area contributed by atoms with Crippen molar-refractivity contribution in [1.82, 2.24) is 4.98 Å². The lowest BCUT2D eigenvalue weighted by Crippen LogP contribution is -2.31. The molecule has 22 heavy (non-hydrogen) atoms. The number of nitrogens with zero attached hydrogens (tertiary/aromatic N) is 2. The number of aryl methyl sites for hydroxylation is 1. The summed E-state index contributed by atoms with van der Waals surface area (Å²) >= 11 is 0. The third kappa shape index (κ3) is 1.99.